The monoisotopic (exact) mass is 457 g/mol. The lowest BCUT2D eigenvalue weighted by molar-refractivity contribution is 0.103. The lowest BCUT2D eigenvalue weighted by atomic mass is 10.0. The van der Waals surface area contributed by atoms with Crippen molar-refractivity contribution in [2.45, 2.75) is 20.8 Å². The average Bonchev–Trinajstić information content (AvgIpc) is 3.25. The Balaban J connectivity index is 1.76. The number of carbonyl (C=O) groups excluding carboxylic acids is 1. The van der Waals surface area contributed by atoms with Gasteiger partial charge in [-0.25, -0.2) is 4.98 Å². The summed E-state index contributed by atoms with van der Waals surface area (Å²) in [6.07, 6.45) is 0. The molecule has 0 radical (unpaired) electrons. The van der Waals surface area contributed by atoms with E-state index in [1.165, 1.54) is 5.56 Å². The van der Waals surface area contributed by atoms with Crippen molar-refractivity contribution < 1.29 is 4.79 Å². The zero-order valence-corrected chi connectivity index (χ0v) is 20.1. The predicted molar refractivity (Wildman–Crippen MR) is 143 cm³/mol. The summed E-state index contributed by atoms with van der Waals surface area (Å²) in [6, 6.07) is 33.9. The number of nitrogens with zero attached hydrogens (tertiary/aromatic N) is 2. The minimum atomic E-state index is -0.0751. The van der Waals surface area contributed by atoms with Crippen LogP contribution in [0.5, 0.6) is 0 Å². The number of hydrogen-bond donors (Lipinski definition) is 1. The van der Waals surface area contributed by atoms with Crippen LogP contribution in [-0.2, 0) is 0 Å². The van der Waals surface area contributed by atoms with Gasteiger partial charge in [-0.15, -0.1) is 0 Å². The standard InChI is InChI=1S/C31H27N3O/c1-21-9-15-25(16-10-21)30(35)29-28(24-7-5-4-6-8-24)33-31(32-26-17-11-22(2)12-18-26)34(29)27-19-13-23(3)14-20-27/h4-20H,1-3H3,(H,32,33). The van der Waals surface area contributed by atoms with E-state index in [1.54, 1.807) is 0 Å². The fourth-order valence-electron chi connectivity index (χ4n) is 4.06. The maximum atomic E-state index is 14.0. The van der Waals surface area contributed by atoms with Crippen LogP contribution in [0.2, 0.25) is 0 Å². The number of benzene rings is 4. The summed E-state index contributed by atoms with van der Waals surface area (Å²) in [6.45, 7) is 6.13. The Bertz CT molecular complexity index is 1460. The van der Waals surface area contributed by atoms with Crippen molar-refractivity contribution in [1.82, 2.24) is 9.55 Å². The zero-order valence-electron chi connectivity index (χ0n) is 20.1. The molecule has 5 rings (SSSR count). The van der Waals surface area contributed by atoms with Gasteiger partial charge in [0.15, 0.2) is 0 Å². The van der Waals surface area contributed by atoms with Crippen LogP contribution in [0.1, 0.15) is 32.7 Å². The van der Waals surface area contributed by atoms with Crippen molar-refractivity contribution in [3.63, 3.8) is 0 Å². The van der Waals surface area contributed by atoms with E-state index in [0.717, 1.165) is 28.1 Å². The van der Waals surface area contributed by atoms with E-state index >= 15 is 0 Å². The van der Waals surface area contributed by atoms with Crippen molar-refractivity contribution >= 4 is 17.4 Å². The molecule has 0 unspecified atom stereocenters. The summed E-state index contributed by atoms with van der Waals surface area (Å²) in [4.78, 5) is 19.0. The molecule has 1 heterocycles. The first kappa shape index (κ1) is 22.4. The molecule has 0 saturated carbocycles. The van der Waals surface area contributed by atoms with Gasteiger partial charge in [0.2, 0.25) is 11.7 Å². The summed E-state index contributed by atoms with van der Waals surface area (Å²) in [5.74, 6) is 0.515. The maximum Gasteiger partial charge on any atom is 0.213 e. The minimum Gasteiger partial charge on any atom is -0.325 e. The molecule has 0 spiro atoms. The number of ketones is 1. The Labute approximate surface area is 205 Å². The molecule has 172 valence electrons. The van der Waals surface area contributed by atoms with Gasteiger partial charge < -0.3 is 5.32 Å². The summed E-state index contributed by atoms with van der Waals surface area (Å²) < 4.78 is 1.93. The Kier molecular flexibility index (Phi) is 6.02. The number of nitrogens with one attached hydrogen (secondary N) is 1. The molecule has 1 aromatic heterocycles. The number of anilines is 2. The quantitative estimate of drug-likeness (QED) is 0.270. The minimum absolute atomic E-state index is 0.0751. The second-order valence-corrected chi connectivity index (χ2v) is 8.86. The van der Waals surface area contributed by atoms with Crippen molar-refractivity contribution in [3.8, 4) is 16.9 Å². The van der Waals surface area contributed by atoms with Gasteiger partial charge >= 0.3 is 0 Å². The predicted octanol–water partition coefficient (Wildman–Crippen LogP) is 7.44. The molecule has 1 N–H and O–H groups in total. The number of carbonyl (C=O) groups is 1. The molecule has 35 heavy (non-hydrogen) atoms. The molecule has 4 nitrogen and oxygen atoms in total. The Hall–Kier alpha value is -4.44. The largest absolute Gasteiger partial charge is 0.325 e. The van der Waals surface area contributed by atoms with Crippen LogP contribution < -0.4 is 5.32 Å². The second-order valence-electron chi connectivity index (χ2n) is 8.86. The van der Waals surface area contributed by atoms with Crippen LogP contribution in [0, 0.1) is 20.8 Å². The van der Waals surface area contributed by atoms with Crippen molar-refractivity contribution in [3.05, 3.63) is 131 Å². The fraction of sp³-hybridized carbons (Fsp3) is 0.0968. The van der Waals surface area contributed by atoms with Crippen molar-refractivity contribution in [2.24, 2.45) is 0 Å². The molecule has 0 atom stereocenters. The molecule has 4 heteroatoms. The molecule has 0 aliphatic rings. The topological polar surface area (TPSA) is 46.9 Å². The summed E-state index contributed by atoms with van der Waals surface area (Å²) >= 11 is 0. The van der Waals surface area contributed by atoms with E-state index in [0.29, 0.717) is 22.9 Å². The third-order valence-electron chi connectivity index (χ3n) is 6.05. The Morgan fingerprint density at radius 3 is 1.83 bits per heavy atom. The van der Waals surface area contributed by atoms with Gasteiger partial charge in [0.05, 0.1) is 0 Å². The molecule has 0 fully saturated rings. The van der Waals surface area contributed by atoms with Crippen LogP contribution in [0.3, 0.4) is 0 Å². The lowest BCUT2D eigenvalue weighted by Crippen LogP contribution is -2.12. The van der Waals surface area contributed by atoms with E-state index in [9.17, 15) is 4.79 Å². The van der Waals surface area contributed by atoms with E-state index in [-0.39, 0.29) is 5.78 Å². The summed E-state index contributed by atoms with van der Waals surface area (Å²) in [5, 5.41) is 3.46. The summed E-state index contributed by atoms with van der Waals surface area (Å²) in [5.41, 5.74) is 7.90. The molecule has 0 amide bonds. The molecule has 0 bridgehead atoms. The third kappa shape index (κ3) is 4.64. The van der Waals surface area contributed by atoms with Crippen LogP contribution in [0.4, 0.5) is 11.6 Å². The first-order chi connectivity index (χ1) is 17.0. The van der Waals surface area contributed by atoms with Gasteiger partial charge in [-0.2, -0.15) is 0 Å². The van der Waals surface area contributed by atoms with Gasteiger partial charge in [0.1, 0.15) is 11.4 Å². The highest BCUT2D eigenvalue weighted by molar-refractivity contribution is 6.12. The van der Waals surface area contributed by atoms with Gasteiger partial charge in [-0.1, -0.05) is 95.6 Å². The molecule has 0 aliphatic heterocycles. The summed E-state index contributed by atoms with van der Waals surface area (Å²) in [7, 11) is 0. The molecular formula is C31H27N3O. The third-order valence-corrected chi connectivity index (χ3v) is 6.05. The first-order valence-corrected chi connectivity index (χ1v) is 11.7. The molecule has 0 aliphatic carbocycles. The SMILES string of the molecule is Cc1ccc(Nc2nc(-c3ccccc3)c(C(=O)c3ccc(C)cc3)n2-c2ccc(C)cc2)cc1. The van der Waals surface area contributed by atoms with Gasteiger partial charge in [-0.3, -0.25) is 9.36 Å². The number of aryl methyl sites for hydroxylation is 3. The fourth-order valence-corrected chi connectivity index (χ4v) is 4.06. The normalized spacial score (nSPS) is 10.8. The van der Waals surface area contributed by atoms with Crippen LogP contribution >= 0.6 is 0 Å². The highest BCUT2D eigenvalue weighted by Crippen LogP contribution is 2.33. The van der Waals surface area contributed by atoms with Crippen molar-refractivity contribution in [2.75, 3.05) is 5.32 Å². The molecule has 4 aromatic carbocycles. The number of imidazole rings is 1. The van der Waals surface area contributed by atoms with E-state index < -0.39 is 0 Å². The second kappa shape index (κ2) is 9.43. The molecule has 0 saturated heterocycles. The Morgan fingerprint density at radius 2 is 1.23 bits per heavy atom. The van der Waals surface area contributed by atoms with Crippen LogP contribution in [0.25, 0.3) is 16.9 Å². The van der Waals surface area contributed by atoms with E-state index in [2.05, 4.69) is 31.3 Å². The number of rotatable bonds is 6. The van der Waals surface area contributed by atoms with Gasteiger partial charge in [0.25, 0.3) is 0 Å². The molecular weight excluding hydrogens is 430 g/mol. The lowest BCUT2D eigenvalue weighted by Gasteiger charge is -2.14. The van der Waals surface area contributed by atoms with Crippen LogP contribution in [0.15, 0.2) is 103 Å². The van der Waals surface area contributed by atoms with E-state index in [1.807, 2.05) is 102 Å². The first-order valence-electron chi connectivity index (χ1n) is 11.7. The van der Waals surface area contributed by atoms with Gasteiger partial charge in [0, 0.05) is 22.5 Å². The number of hydrogen-bond acceptors (Lipinski definition) is 3. The average molecular weight is 458 g/mol. The smallest absolute Gasteiger partial charge is 0.213 e. The van der Waals surface area contributed by atoms with Crippen molar-refractivity contribution in [1.29, 1.82) is 0 Å². The van der Waals surface area contributed by atoms with E-state index in [4.69, 9.17) is 4.98 Å². The highest BCUT2D eigenvalue weighted by atomic mass is 16.1. The highest BCUT2D eigenvalue weighted by Gasteiger charge is 2.26. The Morgan fingerprint density at radius 1 is 0.686 bits per heavy atom. The maximum absolute atomic E-state index is 14.0. The number of aromatic nitrogens is 2. The molecule has 5 aromatic rings. The van der Waals surface area contributed by atoms with Gasteiger partial charge in [-0.05, 0) is 45.0 Å². The van der Waals surface area contributed by atoms with Crippen LogP contribution in [-0.4, -0.2) is 15.3 Å². The zero-order chi connectivity index (χ0) is 24.4.